The minimum atomic E-state index is -0.534. The van der Waals surface area contributed by atoms with Gasteiger partial charge in [0.25, 0.3) is 5.69 Å². The van der Waals surface area contributed by atoms with Gasteiger partial charge in [0.2, 0.25) is 5.91 Å². The molecular weight excluding hydrogens is 356 g/mol. The number of nitro benzene ring substituents is 1. The van der Waals surface area contributed by atoms with Gasteiger partial charge in [-0.05, 0) is 33.7 Å². The van der Waals surface area contributed by atoms with Crippen LogP contribution in [0.4, 0.5) is 11.4 Å². The van der Waals surface area contributed by atoms with Gasteiger partial charge in [0.05, 0.1) is 4.92 Å². The topological polar surface area (TPSA) is 63.5 Å². The summed E-state index contributed by atoms with van der Waals surface area (Å²) >= 11 is 13.2. The molecule has 1 atom stereocenters. The minimum Gasteiger partial charge on any atom is -0.305 e. The molecule has 19 heavy (non-hydrogen) atoms. The molecule has 1 aliphatic rings. The molecule has 0 radical (unpaired) electrons. The first-order valence-electron chi connectivity index (χ1n) is 5.48. The fraction of sp³-hybridized carbons (Fsp3) is 0.364. The van der Waals surface area contributed by atoms with E-state index in [1.54, 1.807) is 6.07 Å². The molecule has 1 amide bonds. The van der Waals surface area contributed by atoms with E-state index in [1.807, 2.05) is 0 Å². The standard InChI is InChI=1S/C11H10BrClN2O3S/c12-8-2-7(13)3-9(15(17)18)11(8)14-4-6(5-19)1-10(14)16/h2-3,6,19H,1,4-5H2. The van der Waals surface area contributed by atoms with E-state index in [-0.39, 0.29) is 28.2 Å². The number of anilines is 1. The van der Waals surface area contributed by atoms with Crippen LogP contribution >= 0.6 is 40.2 Å². The smallest absolute Gasteiger partial charge is 0.295 e. The molecule has 1 unspecified atom stereocenters. The van der Waals surface area contributed by atoms with Crippen LogP contribution in [-0.2, 0) is 4.79 Å². The zero-order valence-corrected chi connectivity index (χ0v) is 12.9. The molecule has 102 valence electrons. The van der Waals surface area contributed by atoms with Gasteiger partial charge in [0.1, 0.15) is 5.69 Å². The second kappa shape index (κ2) is 5.68. The van der Waals surface area contributed by atoms with Crippen molar-refractivity contribution < 1.29 is 9.72 Å². The minimum absolute atomic E-state index is 0.109. The summed E-state index contributed by atoms with van der Waals surface area (Å²) in [6.07, 6.45) is 0.357. The maximum absolute atomic E-state index is 12.0. The van der Waals surface area contributed by atoms with Crippen LogP contribution in [0.2, 0.25) is 5.02 Å². The summed E-state index contributed by atoms with van der Waals surface area (Å²) in [5, 5.41) is 11.4. The molecular formula is C11H10BrClN2O3S. The molecule has 1 fully saturated rings. The molecule has 1 saturated heterocycles. The molecule has 0 aliphatic carbocycles. The highest BCUT2D eigenvalue weighted by Gasteiger charge is 2.35. The number of carbonyl (C=O) groups excluding carboxylic acids is 1. The second-order valence-corrected chi connectivity index (χ2v) is 5.93. The zero-order valence-electron chi connectivity index (χ0n) is 9.68. The van der Waals surface area contributed by atoms with Gasteiger partial charge in [0.15, 0.2) is 0 Å². The first-order chi connectivity index (χ1) is 8.93. The van der Waals surface area contributed by atoms with Crippen molar-refractivity contribution in [2.24, 2.45) is 5.92 Å². The fourth-order valence-corrected chi connectivity index (χ4v) is 3.33. The Morgan fingerprint density at radius 1 is 1.58 bits per heavy atom. The monoisotopic (exact) mass is 364 g/mol. The summed E-state index contributed by atoms with van der Waals surface area (Å²) in [4.78, 5) is 24.0. The molecule has 1 aromatic carbocycles. The van der Waals surface area contributed by atoms with Crippen LogP contribution in [0.1, 0.15) is 6.42 Å². The average Bonchev–Trinajstić information content (AvgIpc) is 2.69. The van der Waals surface area contributed by atoms with Gasteiger partial charge in [0, 0.05) is 28.5 Å². The van der Waals surface area contributed by atoms with Crippen molar-refractivity contribution in [1.29, 1.82) is 0 Å². The highest BCUT2D eigenvalue weighted by molar-refractivity contribution is 9.10. The Labute approximate surface area is 128 Å². The Balaban J connectivity index is 2.50. The van der Waals surface area contributed by atoms with E-state index in [0.717, 1.165) is 0 Å². The maximum atomic E-state index is 12.0. The van der Waals surface area contributed by atoms with E-state index >= 15 is 0 Å². The first kappa shape index (κ1) is 14.6. The van der Waals surface area contributed by atoms with Gasteiger partial charge >= 0.3 is 0 Å². The van der Waals surface area contributed by atoms with Crippen molar-refractivity contribution in [2.75, 3.05) is 17.2 Å². The summed E-state index contributed by atoms with van der Waals surface area (Å²) in [7, 11) is 0. The average molecular weight is 366 g/mol. The number of nitrogens with zero attached hydrogens (tertiary/aromatic N) is 2. The number of rotatable bonds is 3. The SMILES string of the molecule is O=C1CC(CS)CN1c1c(Br)cc(Cl)cc1[N+](=O)[O-]. The Morgan fingerprint density at radius 3 is 2.79 bits per heavy atom. The van der Waals surface area contributed by atoms with Crippen LogP contribution in [0, 0.1) is 16.0 Å². The normalized spacial score (nSPS) is 19.0. The molecule has 0 spiro atoms. The molecule has 5 nitrogen and oxygen atoms in total. The Kier molecular flexibility index (Phi) is 4.37. The third-order valence-electron chi connectivity index (χ3n) is 2.94. The summed E-state index contributed by atoms with van der Waals surface area (Å²) in [5.41, 5.74) is 0.0937. The van der Waals surface area contributed by atoms with E-state index in [2.05, 4.69) is 28.6 Å². The summed E-state index contributed by atoms with van der Waals surface area (Å²) < 4.78 is 0.444. The summed E-state index contributed by atoms with van der Waals surface area (Å²) in [6.45, 7) is 0.434. The van der Waals surface area contributed by atoms with Crippen molar-refractivity contribution in [3.8, 4) is 0 Å². The molecule has 0 bridgehead atoms. The van der Waals surface area contributed by atoms with E-state index in [0.29, 0.717) is 23.2 Å². The lowest BCUT2D eigenvalue weighted by Crippen LogP contribution is -2.26. The highest BCUT2D eigenvalue weighted by Crippen LogP contribution is 2.41. The van der Waals surface area contributed by atoms with Gasteiger partial charge in [-0.25, -0.2) is 0 Å². The van der Waals surface area contributed by atoms with Gasteiger partial charge in [-0.15, -0.1) is 0 Å². The number of carbonyl (C=O) groups is 1. The van der Waals surface area contributed by atoms with Crippen molar-refractivity contribution in [1.82, 2.24) is 0 Å². The van der Waals surface area contributed by atoms with E-state index in [4.69, 9.17) is 11.6 Å². The van der Waals surface area contributed by atoms with Crippen LogP contribution in [0.15, 0.2) is 16.6 Å². The predicted molar refractivity (Wildman–Crippen MR) is 80.1 cm³/mol. The zero-order chi connectivity index (χ0) is 14.2. The molecule has 0 N–H and O–H groups in total. The lowest BCUT2D eigenvalue weighted by atomic mass is 10.1. The van der Waals surface area contributed by atoms with Gasteiger partial charge in [-0.3, -0.25) is 14.9 Å². The molecule has 0 saturated carbocycles. The van der Waals surface area contributed by atoms with Gasteiger partial charge in [-0.2, -0.15) is 12.6 Å². The number of halogens is 2. The highest BCUT2D eigenvalue weighted by atomic mass is 79.9. The Morgan fingerprint density at radius 2 is 2.26 bits per heavy atom. The Bertz CT molecular complexity index is 555. The van der Waals surface area contributed by atoms with Crippen molar-refractivity contribution in [3.63, 3.8) is 0 Å². The third-order valence-corrected chi connectivity index (χ3v) is 4.28. The molecule has 8 heteroatoms. The van der Waals surface area contributed by atoms with E-state index in [1.165, 1.54) is 11.0 Å². The van der Waals surface area contributed by atoms with Crippen LogP contribution in [0.5, 0.6) is 0 Å². The van der Waals surface area contributed by atoms with Crippen LogP contribution in [-0.4, -0.2) is 23.1 Å². The van der Waals surface area contributed by atoms with Crippen molar-refractivity contribution >= 4 is 57.4 Å². The fourth-order valence-electron chi connectivity index (χ4n) is 2.08. The molecule has 1 heterocycles. The number of thiol groups is 1. The number of hydrogen-bond donors (Lipinski definition) is 1. The van der Waals surface area contributed by atoms with E-state index < -0.39 is 4.92 Å². The molecule has 2 rings (SSSR count). The lowest BCUT2D eigenvalue weighted by molar-refractivity contribution is -0.384. The Hall–Kier alpha value is -0.790. The quantitative estimate of drug-likeness (QED) is 0.508. The van der Waals surface area contributed by atoms with Crippen molar-refractivity contribution in [3.05, 3.63) is 31.7 Å². The maximum Gasteiger partial charge on any atom is 0.295 e. The number of amides is 1. The lowest BCUT2D eigenvalue weighted by Gasteiger charge is -2.18. The predicted octanol–water partition coefficient (Wildman–Crippen LogP) is 3.29. The summed E-state index contributed by atoms with van der Waals surface area (Å²) in [5.74, 6) is 0.546. The third kappa shape index (κ3) is 2.88. The van der Waals surface area contributed by atoms with Crippen LogP contribution in [0.25, 0.3) is 0 Å². The van der Waals surface area contributed by atoms with Gasteiger partial charge < -0.3 is 4.90 Å². The number of nitro groups is 1. The number of hydrogen-bond acceptors (Lipinski definition) is 4. The summed E-state index contributed by atoms with van der Waals surface area (Å²) in [6, 6.07) is 2.80. The van der Waals surface area contributed by atoms with Crippen LogP contribution in [0.3, 0.4) is 0 Å². The molecule has 1 aromatic rings. The van der Waals surface area contributed by atoms with E-state index in [9.17, 15) is 14.9 Å². The largest absolute Gasteiger partial charge is 0.305 e. The first-order valence-corrected chi connectivity index (χ1v) is 7.29. The van der Waals surface area contributed by atoms with Crippen molar-refractivity contribution in [2.45, 2.75) is 6.42 Å². The molecule has 0 aromatic heterocycles. The van der Waals surface area contributed by atoms with Gasteiger partial charge in [-0.1, -0.05) is 11.6 Å². The number of benzene rings is 1. The molecule has 1 aliphatic heterocycles. The van der Waals surface area contributed by atoms with Crippen LogP contribution < -0.4 is 4.90 Å². The second-order valence-electron chi connectivity index (χ2n) is 4.27.